The number of halogens is 4. The Morgan fingerprint density at radius 3 is 2.54 bits per heavy atom. The van der Waals surface area contributed by atoms with Crippen LogP contribution in [0, 0.1) is 5.92 Å². The van der Waals surface area contributed by atoms with E-state index in [1.54, 1.807) is 18.1 Å². The quantitative estimate of drug-likeness (QED) is 0.793. The summed E-state index contributed by atoms with van der Waals surface area (Å²) in [4.78, 5) is 15.8. The van der Waals surface area contributed by atoms with Crippen LogP contribution in [0.2, 0.25) is 0 Å². The SMILES string of the molecule is COc1ccc(C(=O)N2CCN(CC(F)(F)F)CC2)cc1CC1CCNC1.Cl. The molecule has 2 heterocycles. The molecule has 0 aromatic heterocycles. The molecule has 3 rings (SSSR count). The Morgan fingerprint density at radius 2 is 1.96 bits per heavy atom. The van der Waals surface area contributed by atoms with Gasteiger partial charge in [-0.25, -0.2) is 0 Å². The molecular formula is C19H27ClF3N3O2. The summed E-state index contributed by atoms with van der Waals surface area (Å²) >= 11 is 0. The number of rotatable bonds is 5. The molecule has 0 bridgehead atoms. The van der Waals surface area contributed by atoms with Gasteiger partial charge in [0.15, 0.2) is 0 Å². The molecule has 0 radical (unpaired) electrons. The third-order valence-corrected chi connectivity index (χ3v) is 5.26. The van der Waals surface area contributed by atoms with Gasteiger partial charge in [-0.15, -0.1) is 12.4 Å². The summed E-state index contributed by atoms with van der Waals surface area (Å²) in [6.45, 7) is 2.14. The Labute approximate surface area is 169 Å². The summed E-state index contributed by atoms with van der Waals surface area (Å²) in [5.41, 5.74) is 1.58. The predicted octanol–water partition coefficient (Wildman–Crippen LogP) is 2.59. The molecule has 28 heavy (non-hydrogen) atoms. The Bertz CT molecular complexity index is 658. The summed E-state index contributed by atoms with van der Waals surface area (Å²) in [5.74, 6) is 1.17. The highest BCUT2D eigenvalue weighted by atomic mass is 35.5. The monoisotopic (exact) mass is 421 g/mol. The number of amides is 1. The van der Waals surface area contributed by atoms with Gasteiger partial charge in [-0.3, -0.25) is 9.69 Å². The first kappa shape index (κ1) is 22.8. The van der Waals surface area contributed by atoms with Crippen LogP contribution in [0.5, 0.6) is 5.75 Å². The summed E-state index contributed by atoms with van der Waals surface area (Å²) in [7, 11) is 1.62. The molecular weight excluding hydrogens is 395 g/mol. The fraction of sp³-hybridized carbons (Fsp3) is 0.632. The van der Waals surface area contributed by atoms with Gasteiger partial charge in [-0.1, -0.05) is 0 Å². The lowest BCUT2D eigenvalue weighted by atomic mass is 9.96. The number of carbonyl (C=O) groups excluding carboxylic acids is 1. The van der Waals surface area contributed by atoms with Crippen molar-refractivity contribution < 1.29 is 22.7 Å². The van der Waals surface area contributed by atoms with E-state index in [-0.39, 0.29) is 31.4 Å². The molecule has 2 aliphatic heterocycles. The highest BCUT2D eigenvalue weighted by molar-refractivity contribution is 5.94. The van der Waals surface area contributed by atoms with Crippen LogP contribution in [0.25, 0.3) is 0 Å². The van der Waals surface area contributed by atoms with Gasteiger partial charge in [0.05, 0.1) is 13.7 Å². The number of benzene rings is 1. The number of piperazine rings is 1. The molecule has 1 amide bonds. The average molecular weight is 422 g/mol. The second kappa shape index (κ2) is 9.80. The molecule has 1 N–H and O–H groups in total. The zero-order valence-corrected chi connectivity index (χ0v) is 16.7. The van der Waals surface area contributed by atoms with Crippen molar-refractivity contribution >= 4 is 18.3 Å². The van der Waals surface area contributed by atoms with Crippen molar-refractivity contribution in [1.29, 1.82) is 0 Å². The first-order valence-corrected chi connectivity index (χ1v) is 9.32. The average Bonchev–Trinajstić information content (AvgIpc) is 3.13. The number of carbonyl (C=O) groups is 1. The topological polar surface area (TPSA) is 44.8 Å². The number of nitrogens with one attached hydrogen (secondary N) is 1. The first-order chi connectivity index (χ1) is 12.9. The van der Waals surface area contributed by atoms with Gasteiger partial charge in [-0.2, -0.15) is 13.2 Å². The zero-order valence-electron chi connectivity index (χ0n) is 15.9. The number of methoxy groups -OCH3 is 1. The van der Waals surface area contributed by atoms with Crippen molar-refractivity contribution in [1.82, 2.24) is 15.1 Å². The van der Waals surface area contributed by atoms with E-state index in [1.807, 2.05) is 12.1 Å². The van der Waals surface area contributed by atoms with Gasteiger partial charge in [0.25, 0.3) is 5.91 Å². The van der Waals surface area contributed by atoms with Crippen LogP contribution in [0.15, 0.2) is 18.2 Å². The molecule has 158 valence electrons. The first-order valence-electron chi connectivity index (χ1n) is 9.32. The van der Waals surface area contributed by atoms with E-state index < -0.39 is 12.7 Å². The number of alkyl halides is 3. The highest BCUT2D eigenvalue weighted by Crippen LogP contribution is 2.26. The van der Waals surface area contributed by atoms with Gasteiger partial charge in [0, 0.05) is 31.7 Å². The largest absolute Gasteiger partial charge is 0.496 e. The maximum atomic E-state index is 12.8. The fourth-order valence-corrected chi connectivity index (χ4v) is 3.82. The number of hydrogen-bond acceptors (Lipinski definition) is 4. The van der Waals surface area contributed by atoms with Crippen LogP contribution in [-0.4, -0.2) is 74.8 Å². The molecule has 1 atom stereocenters. The lowest BCUT2D eigenvalue weighted by molar-refractivity contribution is -0.148. The molecule has 1 aromatic carbocycles. The van der Waals surface area contributed by atoms with Crippen molar-refractivity contribution in [2.75, 3.05) is 52.9 Å². The second-order valence-electron chi connectivity index (χ2n) is 7.27. The summed E-state index contributed by atoms with van der Waals surface area (Å²) in [6.07, 6.45) is -2.26. The summed E-state index contributed by atoms with van der Waals surface area (Å²) in [5, 5.41) is 3.34. The normalized spacial score (nSPS) is 20.7. The molecule has 1 unspecified atom stereocenters. The standard InChI is InChI=1S/C19H26F3N3O2.ClH/c1-27-17-3-2-15(11-16(17)10-14-4-5-23-12-14)18(26)25-8-6-24(7-9-25)13-19(20,21)22;/h2-3,11,14,23H,4-10,12-13H2,1H3;1H. The maximum Gasteiger partial charge on any atom is 0.401 e. The fourth-order valence-electron chi connectivity index (χ4n) is 3.82. The van der Waals surface area contributed by atoms with Gasteiger partial charge in [0.1, 0.15) is 5.75 Å². The number of ether oxygens (including phenoxy) is 1. The molecule has 0 spiro atoms. The molecule has 2 fully saturated rings. The van der Waals surface area contributed by atoms with Crippen LogP contribution in [-0.2, 0) is 6.42 Å². The molecule has 5 nitrogen and oxygen atoms in total. The smallest absolute Gasteiger partial charge is 0.401 e. The third-order valence-electron chi connectivity index (χ3n) is 5.26. The minimum atomic E-state index is -4.20. The van der Waals surface area contributed by atoms with E-state index in [2.05, 4.69) is 5.32 Å². The van der Waals surface area contributed by atoms with Gasteiger partial charge in [-0.05, 0) is 55.6 Å². The molecule has 2 saturated heterocycles. The van der Waals surface area contributed by atoms with E-state index >= 15 is 0 Å². The highest BCUT2D eigenvalue weighted by Gasteiger charge is 2.33. The van der Waals surface area contributed by atoms with Gasteiger partial charge in [0.2, 0.25) is 0 Å². The van der Waals surface area contributed by atoms with Gasteiger partial charge >= 0.3 is 6.18 Å². The second-order valence-corrected chi connectivity index (χ2v) is 7.27. The van der Waals surface area contributed by atoms with E-state index in [1.165, 1.54) is 4.90 Å². The molecule has 2 aliphatic rings. The molecule has 1 aromatic rings. The lowest BCUT2D eigenvalue weighted by Crippen LogP contribution is -2.50. The summed E-state index contributed by atoms with van der Waals surface area (Å²) < 4.78 is 43.0. The Balaban J connectivity index is 0.00000280. The van der Waals surface area contributed by atoms with Crippen LogP contribution in [0.1, 0.15) is 22.3 Å². The predicted molar refractivity (Wildman–Crippen MR) is 103 cm³/mol. The minimum Gasteiger partial charge on any atom is -0.496 e. The van der Waals surface area contributed by atoms with E-state index in [4.69, 9.17) is 4.74 Å². The van der Waals surface area contributed by atoms with Crippen molar-refractivity contribution in [3.05, 3.63) is 29.3 Å². The zero-order chi connectivity index (χ0) is 19.4. The van der Waals surface area contributed by atoms with E-state index in [0.717, 1.165) is 37.2 Å². The Hall–Kier alpha value is -1.51. The molecule has 0 saturated carbocycles. The summed E-state index contributed by atoms with van der Waals surface area (Å²) in [6, 6.07) is 5.42. The van der Waals surface area contributed by atoms with Crippen LogP contribution in [0.4, 0.5) is 13.2 Å². The van der Waals surface area contributed by atoms with Crippen molar-refractivity contribution in [3.63, 3.8) is 0 Å². The van der Waals surface area contributed by atoms with Crippen LogP contribution >= 0.6 is 12.4 Å². The van der Waals surface area contributed by atoms with Crippen LogP contribution < -0.4 is 10.1 Å². The van der Waals surface area contributed by atoms with E-state index in [9.17, 15) is 18.0 Å². The lowest BCUT2D eigenvalue weighted by Gasteiger charge is -2.35. The van der Waals surface area contributed by atoms with Crippen molar-refractivity contribution in [2.24, 2.45) is 5.92 Å². The van der Waals surface area contributed by atoms with Gasteiger partial charge < -0.3 is 15.0 Å². The van der Waals surface area contributed by atoms with Crippen LogP contribution in [0.3, 0.4) is 0 Å². The Kier molecular flexibility index (Phi) is 7.97. The van der Waals surface area contributed by atoms with Crippen molar-refractivity contribution in [3.8, 4) is 5.75 Å². The van der Waals surface area contributed by atoms with Crippen molar-refractivity contribution in [2.45, 2.75) is 19.0 Å². The number of nitrogens with zero attached hydrogens (tertiary/aromatic N) is 2. The maximum absolute atomic E-state index is 12.8. The Morgan fingerprint density at radius 1 is 1.25 bits per heavy atom. The third kappa shape index (κ3) is 5.99. The minimum absolute atomic E-state index is 0. The molecule has 0 aliphatic carbocycles. The number of hydrogen-bond donors (Lipinski definition) is 1. The molecule has 9 heteroatoms. The van der Waals surface area contributed by atoms with E-state index in [0.29, 0.717) is 24.6 Å².